The Morgan fingerprint density at radius 2 is 1.70 bits per heavy atom. The first-order valence-electron chi connectivity index (χ1n) is 8.66. The lowest BCUT2D eigenvalue weighted by Crippen LogP contribution is -2.32. The number of hydrogen-bond donors (Lipinski definition) is 1. The number of nitro benzene ring substituents is 1. The summed E-state index contributed by atoms with van der Waals surface area (Å²) in [4.78, 5) is 22.1. The summed E-state index contributed by atoms with van der Waals surface area (Å²) in [5.41, 5.74) is -1.52. The molecule has 0 aliphatic carbocycles. The molecule has 0 unspecified atom stereocenters. The molecule has 2 aromatic rings. The average molecular weight is 438 g/mol. The van der Waals surface area contributed by atoms with E-state index < -0.39 is 32.0 Å². The monoisotopic (exact) mass is 438 g/mol. The predicted molar refractivity (Wildman–Crippen MR) is 108 cm³/mol. The van der Waals surface area contributed by atoms with Crippen LogP contribution < -0.4 is 14.2 Å². The van der Waals surface area contributed by atoms with E-state index in [0.29, 0.717) is 5.75 Å². The lowest BCUT2D eigenvalue weighted by atomic mass is 9.95. The highest BCUT2D eigenvalue weighted by atomic mass is 32.2. The maximum atomic E-state index is 12.6. The Hall–Kier alpha value is -3.34. The Morgan fingerprint density at radius 3 is 2.23 bits per heavy atom. The van der Waals surface area contributed by atoms with Gasteiger partial charge in [-0.1, -0.05) is 0 Å². The van der Waals surface area contributed by atoms with Crippen LogP contribution in [0.4, 0.5) is 11.4 Å². The minimum Gasteiger partial charge on any atom is -0.496 e. The van der Waals surface area contributed by atoms with Crippen molar-refractivity contribution in [3.8, 4) is 11.5 Å². The molecule has 2 rings (SSSR count). The number of hydrogen-bond acceptors (Lipinski definition) is 8. The van der Waals surface area contributed by atoms with Gasteiger partial charge in [-0.3, -0.25) is 19.6 Å². The lowest BCUT2D eigenvalue weighted by Gasteiger charge is -2.21. The van der Waals surface area contributed by atoms with Crippen LogP contribution in [-0.4, -0.2) is 40.1 Å². The van der Waals surface area contributed by atoms with Crippen molar-refractivity contribution in [2.24, 2.45) is 5.41 Å². The topological polar surface area (TPSA) is 134 Å². The largest absolute Gasteiger partial charge is 0.496 e. The van der Waals surface area contributed by atoms with Gasteiger partial charge in [-0.2, -0.15) is 0 Å². The first-order valence-corrected chi connectivity index (χ1v) is 10.1. The maximum Gasteiger partial charge on any atom is 0.314 e. The van der Waals surface area contributed by atoms with Crippen LogP contribution in [-0.2, 0) is 19.6 Å². The third-order valence-electron chi connectivity index (χ3n) is 4.12. The Kier molecular flexibility index (Phi) is 6.88. The highest BCUT2D eigenvalue weighted by Gasteiger charge is 2.30. The fraction of sp³-hybridized carbons (Fsp3) is 0.316. The van der Waals surface area contributed by atoms with Gasteiger partial charge in [0.2, 0.25) is 0 Å². The van der Waals surface area contributed by atoms with Crippen LogP contribution in [0.2, 0.25) is 0 Å². The van der Waals surface area contributed by atoms with Gasteiger partial charge in [-0.15, -0.1) is 0 Å². The van der Waals surface area contributed by atoms with Crippen molar-refractivity contribution >= 4 is 27.4 Å². The Labute approximate surface area is 174 Å². The molecule has 0 aliphatic heterocycles. The summed E-state index contributed by atoms with van der Waals surface area (Å²) in [5, 5.41) is 11.2. The molecule has 1 N–H and O–H groups in total. The van der Waals surface area contributed by atoms with Gasteiger partial charge in [0.15, 0.2) is 0 Å². The van der Waals surface area contributed by atoms with Crippen molar-refractivity contribution < 1.29 is 32.3 Å². The van der Waals surface area contributed by atoms with E-state index in [1.54, 1.807) is 13.8 Å². The summed E-state index contributed by atoms with van der Waals surface area (Å²) < 4.78 is 42.6. The van der Waals surface area contributed by atoms with Gasteiger partial charge >= 0.3 is 5.97 Å². The molecule has 0 atom stereocenters. The van der Waals surface area contributed by atoms with E-state index >= 15 is 0 Å². The van der Waals surface area contributed by atoms with Gasteiger partial charge in [0.1, 0.15) is 23.8 Å². The van der Waals surface area contributed by atoms with Gasteiger partial charge in [-0.05, 0) is 50.2 Å². The summed E-state index contributed by atoms with van der Waals surface area (Å²) in [6, 6.07) is 9.20. The quantitative estimate of drug-likeness (QED) is 0.359. The molecule has 0 aromatic heterocycles. The van der Waals surface area contributed by atoms with Crippen LogP contribution in [0, 0.1) is 15.5 Å². The Bertz CT molecular complexity index is 1030. The van der Waals surface area contributed by atoms with Gasteiger partial charge < -0.3 is 14.2 Å². The zero-order valence-corrected chi connectivity index (χ0v) is 17.7. The molecule has 0 saturated carbocycles. The third kappa shape index (κ3) is 5.38. The molecule has 0 saturated heterocycles. The van der Waals surface area contributed by atoms with Crippen LogP contribution in [0.25, 0.3) is 0 Å². The molecule has 162 valence electrons. The number of rotatable bonds is 9. The van der Waals surface area contributed by atoms with E-state index in [1.165, 1.54) is 50.6 Å². The summed E-state index contributed by atoms with van der Waals surface area (Å²) in [7, 11) is -1.46. The van der Waals surface area contributed by atoms with Crippen LogP contribution in [0.3, 0.4) is 0 Å². The molecule has 0 amide bonds. The first kappa shape index (κ1) is 22.9. The lowest BCUT2D eigenvalue weighted by molar-refractivity contribution is -0.384. The van der Waals surface area contributed by atoms with Crippen molar-refractivity contribution in [1.29, 1.82) is 0 Å². The molecule has 2 aromatic carbocycles. The number of nitro groups is 1. The van der Waals surface area contributed by atoms with Crippen molar-refractivity contribution in [3.63, 3.8) is 0 Å². The number of nitrogens with zero attached hydrogens (tertiary/aromatic N) is 1. The molecule has 0 heterocycles. The van der Waals surface area contributed by atoms with Crippen LogP contribution in [0.1, 0.15) is 13.8 Å². The van der Waals surface area contributed by atoms with Gasteiger partial charge in [0.25, 0.3) is 15.7 Å². The number of methoxy groups -OCH3 is 2. The minimum atomic E-state index is -4.09. The summed E-state index contributed by atoms with van der Waals surface area (Å²) in [6.07, 6.45) is 0. The number of sulfonamides is 1. The standard InChI is InChI=1S/C19H22N2O8S/c1-19(2,18(22)28-4)12-29-13-5-8-15(9-6-13)30(25,26)20-16-10-7-14(27-3)11-17(16)21(23)24/h5-11,20H,12H2,1-4H3. The first-order chi connectivity index (χ1) is 14.0. The predicted octanol–water partition coefficient (Wildman–Crippen LogP) is 2.98. The molecule has 11 heteroatoms. The Morgan fingerprint density at radius 1 is 1.10 bits per heavy atom. The number of esters is 1. The zero-order chi connectivity index (χ0) is 22.5. The average Bonchev–Trinajstić information content (AvgIpc) is 2.71. The maximum absolute atomic E-state index is 12.6. The van der Waals surface area contributed by atoms with Crippen molar-refractivity contribution in [2.45, 2.75) is 18.7 Å². The second kappa shape index (κ2) is 8.99. The van der Waals surface area contributed by atoms with E-state index in [9.17, 15) is 23.3 Å². The molecule has 0 radical (unpaired) electrons. The van der Waals surface area contributed by atoms with Crippen molar-refractivity contribution in [1.82, 2.24) is 0 Å². The molecular formula is C19H22N2O8S. The zero-order valence-electron chi connectivity index (χ0n) is 16.9. The molecule has 0 bridgehead atoms. The van der Waals surface area contributed by atoms with Gasteiger partial charge in [0, 0.05) is 0 Å². The number of carbonyl (C=O) groups is 1. The SMILES string of the molecule is COC(=O)C(C)(C)COc1ccc(S(=O)(=O)Nc2ccc(OC)cc2[N+](=O)[O-])cc1. The van der Waals surface area contributed by atoms with E-state index in [0.717, 1.165) is 6.07 Å². The third-order valence-corrected chi connectivity index (χ3v) is 5.50. The van der Waals surface area contributed by atoms with Crippen LogP contribution >= 0.6 is 0 Å². The van der Waals surface area contributed by atoms with E-state index in [4.69, 9.17) is 14.2 Å². The molecule has 30 heavy (non-hydrogen) atoms. The summed E-state index contributed by atoms with van der Waals surface area (Å²) >= 11 is 0. The number of benzene rings is 2. The number of ether oxygens (including phenoxy) is 3. The molecule has 0 spiro atoms. The second-order valence-corrected chi connectivity index (χ2v) is 8.56. The molecule has 0 fully saturated rings. The fourth-order valence-electron chi connectivity index (χ4n) is 2.39. The van der Waals surface area contributed by atoms with E-state index in [1.807, 2.05) is 0 Å². The Balaban J connectivity index is 2.18. The highest BCUT2D eigenvalue weighted by molar-refractivity contribution is 7.92. The van der Waals surface area contributed by atoms with Crippen molar-refractivity contribution in [3.05, 3.63) is 52.6 Å². The van der Waals surface area contributed by atoms with Crippen molar-refractivity contribution in [2.75, 3.05) is 25.5 Å². The number of anilines is 1. The highest BCUT2D eigenvalue weighted by Crippen LogP contribution is 2.31. The van der Waals surface area contributed by atoms with E-state index in [2.05, 4.69) is 4.72 Å². The van der Waals surface area contributed by atoms with Gasteiger partial charge in [-0.25, -0.2) is 8.42 Å². The second-order valence-electron chi connectivity index (χ2n) is 6.88. The fourth-order valence-corrected chi connectivity index (χ4v) is 3.47. The van der Waals surface area contributed by atoms with Crippen LogP contribution in [0.15, 0.2) is 47.4 Å². The van der Waals surface area contributed by atoms with Crippen LogP contribution in [0.5, 0.6) is 11.5 Å². The van der Waals surface area contributed by atoms with E-state index in [-0.39, 0.29) is 22.9 Å². The summed E-state index contributed by atoms with van der Waals surface area (Å²) in [6.45, 7) is 3.34. The normalized spacial score (nSPS) is 11.5. The molecule has 0 aliphatic rings. The number of nitrogens with one attached hydrogen (secondary N) is 1. The molecule has 10 nitrogen and oxygen atoms in total. The summed E-state index contributed by atoms with van der Waals surface area (Å²) in [5.74, 6) is 0.134. The molecular weight excluding hydrogens is 416 g/mol. The minimum absolute atomic E-state index is 0.0298. The number of carbonyl (C=O) groups excluding carboxylic acids is 1. The smallest absolute Gasteiger partial charge is 0.314 e. The van der Waals surface area contributed by atoms with Gasteiger partial charge in [0.05, 0.1) is 35.5 Å².